The topological polar surface area (TPSA) is 78.0 Å². The van der Waals surface area contributed by atoms with Crippen molar-refractivity contribution in [1.82, 2.24) is 9.55 Å². The number of halogens is 2. The summed E-state index contributed by atoms with van der Waals surface area (Å²) in [5.41, 5.74) is 7.05. The molecule has 8 heteroatoms. The van der Waals surface area contributed by atoms with E-state index < -0.39 is 15.7 Å². The summed E-state index contributed by atoms with van der Waals surface area (Å²) in [7, 11) is -2.94. The fraction of sp³-hybridized carbons (Fsp3) is 0.417. The minimum Gasteiger partial charge on any atom is -0.369 e. The van der Waals surface area contributed by atoms with E-state index in [1.807, 2.05) is 0 Å². The number of anilines is 1. The zero-order valence-electron chi connectivity index (χ0n) is 10.5. The van der Waals surface area contributed by atoms with Gasteiger partial charge in [0.1, 0.15) is 5.82 Å². The van der Waals surface area contributed by atoms with Gasteiger partial charge >= 0.3 is 0 Å². The molecule has 0 radical (unpaired) electrons. The van der Waals surface area contributed by atoms with Crippen LogP contribution in [0.1, 0.15) is 6.42 Å². The molecule has 2 N–H and O–H groups in total. The molecule has 0 saturated carbocycles. The molecule has 108 valence electrons. The van der Waals surface area contributed by atoms with Crippen LogP contribution in [0.5, 0.6) is 0 Å². The second-order valence-corrected chi connectivity index (χ2v) is 8.19. The van der Waals surface area contributed by atoms with Crippen LogP contribution in [0.25, 0.3) is 11.0 Å². The molecule has 1 aliphatic rings. The van der Waals surface area contributed by atoms with Crippen LogP contribution in [0, 0.1) is 11.7 Å². The Hall–Kier alpha value is -1.15. The minimum atomic E-state index is -2.94. The number of hydrogen-bond acceptors (Lipinski definition) is 4. The van der Waals surface area contributed by atoms with Crippen molar-refractivity contribution < 1.29 is 12.8 Å². The summed E-state index contributed by atoms with van der Waals surface area (Å²) in [5, 5.41) is 0. The highest BCUT2D eigenvalue weighted by Crippen LogP contribution is 2.28. The number of aromatic nitrogens is 2. The van der Waals surface area contributed by atoms with Crippen molar-refractivity contribution in [3.63, 3.8) is 0 Å². The van der Waals surface area contributed by atoms with E-state index in [0.717, 1.165) is 0 Å². The highest BCUT2D eigenvalue weighted by Gasteiger charge is 2.29. The number of imidazole rings is 1. The zero-order valence-corrected chi connectivity index (χ0v) is 12.9. The van der Waals surface area contributed by atoms with Crippen LogP contribution >= 0.6 is 15.9 Å². The zero-order chi connectivity index (χ0) is 14.5. The van der Waals surface area contributed by atoms with Gasteiger partial charge in [0, 0.05) is 12.6 Å². The molecule has 1 fully saturated rings. The van der Waals surface area contributed by atoms with Gasteiger partial charge in [-0.15, -0.1) is 0 Å². The number of rotatable bonds is 2. The summed E-state index contributed by atoms with van der Waals surface area (Å²) < 4.78 is 38.7. The summed E-state index contributed by atoms with van der Waals surface area (Å²) in [6.45, 7) is 0.447. The first kappa shape index (κ1) is 13.8. The molecule has 3 rings (SSSR count). The molecule has 20 heavy (non-hydrogen) atoms. The van der Waals surface area contributed by atoms with Gasteiger partial charge in [0.25, 0.3) is 0 Å². The molecule has 1 aromatic carbocycles. The predicted octanol–water partition coefficient (Wildman–Crippen LogP) is 1.95. The lowest BCUT2D eigenvalue weighted by Crippen LogP contribution is -2.14. The van der Waals surface area contributed by atoms with E-state index >= 15 is 0 Å². The number of benzene rings is 1. The number of nitrogen functional groups attached to an aromatic ring is 1. The Labute approximate surface area is 124 Å². The summed E-state index contributed by atoms with van der Waals surface area (Å²) >= 11 is 3.11. The average molecular weight is 362 g/mol. The smallest absolute Gasteiger partial charge is 0.201 e. The fourth-order valence-electron chi connectivity index (χ4n) is 2.60. The quantitative estimate of drug-likeness (QED) is 0.886. The lowest BCUT2D eigenvalue weighted by Gasteiger charge is -2.11. The van der Waals surface area contributed by atoms with Crippen LogP contribution < -0.4 is 5.73 Å². The van der Waals surface area contributed by atoms with E-state index in [1.54, 1.807) is 10.6 Å². The van der Waals surface area contributed by atoms with E-state index in [1.165, 1.54) is 6.07 Å². The van der Waals surface area contributed by atoms with E-state index in [4.69, 9.17) is 5.73 Å². The third-order valence-corrected chi connectivity index (χ3v) is 6.03. The molecule has 0 aliphatic carbocycles. The molecule has 2 aromatic rings. The maximum atomic E-state index is 13.6. The Morgan fingerprint density at radius 1 is 1.50 bits per heavy atom. The molecule has 1 saturated heterocycles. The van der Waals surface area contributed by atoms with E-state index in [0.29, 0.717) is 28.5 Å². The van der Waals surface area contributed by atoms with Crippen molar-refractivity contribution >= 4 is 42.7 Å². The van der Waals surface area contributed by atoms with Gasteiger partial charge < -0.3 is 10.3 Å². The van der Waals surface area contributed by atoms with Crippen LogP contribution in [-0.2, 0) is 16.4 Å². The van der Waals surface area contributed by atoms with Gasteiger partial charge in [-0.3, -0.25) is 0 Å². The predicted molar refractivity (Wildman–Crippen MR) is 78.6 cm³/mol. The van der Waals surface area contributed by atoms with Gasteiger partial charge in [-0.1, -0.05) is 0 Å². The van der Waals surface area contributed by atoms with E-state index in [9.17, 15) is 12.8 Å². The van der Waals surface area contributed by atoms with Crippen LogP contribution in [0.3, 0.4) is 0 Å². The molecular formula is C12H13BrFN3O2S. The monoisotopic (exact) mass is 361 g/mol. The lowest BCUT2D eigenvalue weighted by atomic mass is 10.1. The van der Waals surface area contributed by atoms with Gasteiger partial charge in [0.05, 0.1) is 27.0 Å². The van der Waals surface area contributed by atoms with Crippen molar-refractivity contribution in [3.05, 3.63) is 22.4 Å². The number of sulfone groups is 1. The summed E-state index contributed by atoms with van der Waals surface area (Å²) in [6, 6.07) is 2.94. The van der Waals surface area contributed by atoms with Crippen molar-refractivity contribution in [2.24, 2.45) is 5.92 Å². The molecule has 1 atom stereocenters. The molecular weight excluding hydrogens is 349 g/mol. The van der Waals surface area contributed by atoms with Gasteiger partial charge in [0.15, 0.2) is 9.84 Å². The Morgan fingerprint density at radius 3 is 2.90 bits per heavy atom. The number of nitrogens with zero attached hydrogens (tertiary/aromatic N) is 2. The molecule has 1 aromatic heterocycles. The first-order valence-corrected chi connectivity index (χ1v) is 8.78. The SMILES string of the molecule is Nc1nc2cc(Br)c(F)cc2n1CC1CCS(=O)(=O)C1. The maximum absolute atomic E-state index is 13.6. The van der Waals surface area contributed by atoms with Crippen LogP contribution in [0.4, 0.5) is 10.3 Å². The highest BCUT2D eigenvalue weighted by molar-refractivity contribution is 9.10. The van der Waals surface area contributed by atoms with Gasteiger partial charge in [-0.2, -0.15) is 0 Å². The summed E-state index contributed by atoms with van der Waals surface area (Å²) in [6.07, 6.45) is 0.612. The summed E-state index contributed by atoms with van der Waals surface area (Å²) in [5.74, 6) is 0.265. The first-order valence-electron chi connectivity index (χ1n) is 6.17. The van der Waals surface area contributed by atoms with Gasteiger partial charge in [-0.05, 0) is 34.3 Å². The molecule has 5 nitrogen and oxygen atoms in total. The van der Waals surface area contributed by atoms with E-state index in [2.05, 4.69) is 20.9 Å². The van der Waals surface area contributed by atoms with Crippen LogP contribution in [0.15, 0.2) is 16.6 Å². The van der Waals surface area contributed by atoms with Gasteiger partial charge in [0.2, 0.25) is 5.95 Å². The third kappa shape index (κ3) is 2.42. The Bertz CT molecular complexity index is 788. The first-order chi connectivity index (χ1) is 9.35. The molecule has 0 amide bonds. The van der Waals surface area contributed by atoms with Gasteiger partial charge in [-0.25, -0.2) is 17.8 Å². The highest BCUT2D eigenvalue weighted by atomic mass is 79.9. The lowest BCUT2D eigenvalue weighted by molar-refractivity contribution is 0.502. The summed E-state index contributed by atoms with van der Waals surface area (Å²) in [4.78, 5) is 4.19. The third-order valence-electron chi connectivity index (χ3n) is 3.59. The molecule has 2 heterocycles. The Morgan fingerprint density at radius 2 is 2.25 bits per heavy atom. The van der Waals surface area contributed by atoms with Crippen LogP contribution in [0.2, 0.25) is 0 Å². The van der Waals surface area contributed by atoms with E-state index in [-0.39, 0.29) is 23.4 Å². The number of hydrogen-bond donors (Lipinski definition) is 1. The molecule has 1 unspecified atom stereocenters. The number of nitrogens with two attached hydrogens (primary N) is 1. The second-order valence-electron chi connectivity index (χ2n) is 5.10. The Balaban J connectivity index is 1.99. The Kier molecular flexibility index (Phi) is 3.24. The maximum Gasteiger partial charge on any atom is 0.201 e. The number of fused-ring (bicyclic) bond motifs is 1. The largest absolute Gasteiger partial charge is 0.369 e. The van der Waals surface area contributed by atoms with Crippen molar-refractivity contribution in [1.29, 1.82) is 0 Å². The minimum absolute atomic E-state index is 0.00593. The molecule has 1 aliphatic heterocycles. The normalized spacial score (nSPS) is 21.6. The van der Waals surface area contributed by atoms with Crippen molar-refractivity contribution in [3.8, 4) is 0 Å². The average Bonchev–Trinajstić information content (AvgIpc) is 2.83. The fourth-order valence-corrected chi connectivity index (χ4v) is 4.79. The molecule has 0 bridgehead atoms. The molecule has 0 spiro atoms. The van der Waals surface area contributed by atoms with Crippen molar-refractivity contribution in [2.45, 2.75) is 13.0 Å². The van der Waals surface area contributed by atoms with Crippen LogP contribution in [-0.4, -0.2) is 29.5 Å². The van der Waals surface area contributed by atoms with Crippen molar-refractivity contribution in [2.75, 3.05) is 17.2 Å². The second kappa shape index (κ2) is 4.70. The standard InChI is InChI=1S/C12H13BrFN3O2S/c13-8-3-10-11(4-9(8)14)17(12(15)16-10)5-7-1-2-20(18,19)6-7/h3-4,7H,1-2,5-6H2,(H2,15,16).